The SMILES string of the molecule is C=CC(=O)O.OCCCC(Cl)c1ccccc1. The Morgan fingerprint density at radius 1 is 1.41 bits per heavy atom. The molecule has 1 rings (SSSR count). The zero-order chi connectivity index (χ0) is 13.1. The third kappa shape index (κ3) is 8.48. The van der Waals surface area contributed by atoms with Gasteiger partial charge in [-0.05, 0) is 18.4 Å². The molecule has 1 aromatic carbocycles. The number of alkyl halides is 1. The predicted molar refractivity (Wildman–Crippen MR) is 69.2 cm³/mol. The summed E-state index contributed by atoms with van der Waals surface area (Å²) in [6.07, 6.45) is 2.44. The van der Waals surface area contributed by atoms with E-state index in [2.05, 4.69) is 6.58 Å². The lowest BCUT2D eigenvalue weighted by Crippen LogP contribution is -1.92. The predicted octanol–water partition coefficient (Wildman–Crippen LogP) is 3.00. The Morgan fingerprint density at radius 2 is 1.94 bits per heavy atom. The highest BCUT2D eigenvalue weighted by molar-refractivity contribution is 6.20. The molecule has 0 fully saturated rings. The van der Waals surface area contributed by atoms with Gasteiger partial charge in [0.25, 0.3) is 0 Å². The van der Waals surface area contributed by atoms with E-state index in [1.807, 2.05) is 30.3 Å². The second-order valence-electron chi connectivity index (χ2n) is 3.29. The zero-order valence-corrected chi connectivity index (χ0v) is 10.3. The van der Waals surface area contributed by atoms with Crippen molar-refractivity contribution in [2.75, 3.05) is 6.61 Å². The van der Waals surface area contributed by atoms with Crippen LogP contribution in [0.3, 0.4) is 0 Å². The lowest BCUT2D eigenvalue weighted by molar-refractivity contribution is -0.131. The third-order valence-electron chi connectivity index (χ3n) is 1.95. The Labute approximate surface area is 106 Å². The first-order chi connectivity index (χ1) is 8.11. The highest BCUT2D eigenvalue weighted by Crippen LogP contribution is 2.24. The summed E-state index contributed by atoms with van der Waals surface area (Å²) in [4.78, 5) is 9.25. The fourth-order valence-corrected chi connectivity index (χ4v) is 1.40. The molecule has 0 radical (unpaired) electrons. The van der Waals surface area contributed by atoms with Crippen LogP contribution in [-0.2, 0) is 4.79 Å². The van der Waals surface area contributed by atoms with Gasteiger partial charge >= 0.3 is 5.97 Å². The monoisotopic (exact) mass is 256 g/mol. The van der Waals surface area contributed by atoms with Crippen molar-refractivity contribution in [2.45, 2.75) is 18.2 Å². The second-order valence-corrected chi connectivity index (χ2v) is 3.81. The maximum absolute atomic E-state index is 9.25. The molecule has 17 heavy (non-hydrogen) atoms. The zero-order valence-electron chi connectivity index (χ0n) is 9.55. The molecule has 0 saturated carbocycles. The third-order valence-corrected chi connectivity index (χ3v) is 2.42. The molecule has 0 spiro atoms. The summed E-state index contributed by atoms with van der Waals surface area (Å²) >= 11 is 6.07. The molecule has 0 heterocycles. The first-order valence-corrected chi connectivity index (χ1v) is 5.70. The minimum atomic E-state index is -0.981. The van der Waals surface area contributed by atoms with Crippen LogP contribution in [0.25, 0.3) is 0 Å². The second kappa shape index (κ2) is 9.87. The Bertz CT molecular complexity index is 325. The van der Waals surface area contributed by atoms with E-state index in [9.17, 15) is 4.79 Å². The van der Waals surface area contributed by atoms with E-state index in [-0.39, 0.29) is 12.0 Å². The van der Waals surface area contributed by atoms with Crippen molar-refractivity contribution < 1.29 is 15.0 Å². The minimum Gasteiger partial charge on any atom is -0.478 e. The standard InChI is InChI=1S/C10H13ClO.C3H4O2/c11-10(7-4-8-12)9-5-2-1-3-6-9;1-2-3(4)5/h1-3,5-6,10,12H,4,7-8H2;2H,1H2,(H,4,5). The van der Waals surface area contributed by atoms with Crippen molar-refractivity contribution in [3.05, 3.63) is 48.6 Å². The van der Waals surface area contributed by atoms with Gasteiger partial charge < -0.3 is 10.2 Å². The maximum Gasteiger partial charge on any atom is 0.327 e. The molecule has 1 atom stereocenters. The highest BCUT2D eigenvalue weighted by Gasteiger charge is 2.05. The average Bonchev–Trinajstić information content (AvgIpc) is 2.37. The topological polar surface area (TPSA) is 57.5 Å². The number of aliphatic hydroxyl groups is 1. The summed E-state index contributed by atoms with van der Waals surface area (Å²) in [7, 11) is 0. The first-order valence-electron chi connectivity index (χ1n) is 5.27. The van der Waals surface area contributed by atoms with Gasteiger partial charge in [0.05, 0.1) is 5.38 Å². The van der Waals surface area contributed by atoms with Crippen molar-refractivity contribution >= 4 is 17.6 Å². The molecular formula is C13H17ClO3. The van der Waals surface area contributed by atoms with Gasteiger partial charge in [0.15, 0.2) is 0 Å². The normalized spacial score (nSPS) is 10.9. The molecule has 1 aromatic rings. The van der Waals surface area contributed by atoms with Crippen LogP contribution in [0, 0.1) is 0 Å². The van der Waals surface area contributed by atoms with Crippen LogP contribution in [0.15, 0.2) is 43.0 Å². The molecule has 94 valence electrons. The number of benzene rings is 1. The van der Waals surface area contributed by atoms with E-state index in [0.29, 0.717) is 0 Å². The van der Waals surface area contributed by atoms with Crippen molar-refractivity contribution in [2.24, 2.45) is 0 Å². The molecule has 0 aromatic heterocycles. The molecule has 0 aliphatic heterocycles. The maximum atomic E-state index is 9.25. The molecular weight excluding hydrogens is 240 g/mol. The summed E-state index contributed by atoms with van der Waals surface area (Å²) < 4.78 is 0. The van der Waals surface area contributed by atoms with Gasteiger partial charge in [0.1, 0.15) is 0 Å². The number of hydrogen-bond donors (Lipinski definition) is 2. The number of carboxylic acids is 1. The Hall–Kier alpha value is -1.32. The van der Waals surface area contributed by atoms with Crippen LogP contribution in [0.1, 0.15) is 23.8 Å². The molecule has 3 nitrogen and oxygen atoms in total. The van der Waals surface area contributed by atoms with E-state index in [1.165, 1.54) is 0 Å². The summed E-state index contributed by atoms with van der Waals surface area (Å²) in [6.45, 7) is 3.18. The molecule has 4 heteroatoms. The lowest BCUT2D eigenvalue weighted by Gasteiger charge is -2.07. The summed E-state index contributed by atoms with van der Waals surface area (Å²) in [6, 6.07) is 9.94. The van der Waals surface area contributed by atoms with Crippen molar-refractivity contribution in [1.82, 2.24) is 0 Å². The Balaban J connectivity index is 0.000000437. The summed E-state index contributed by atoms with van der Waals surface area (Å²) in [5.41, 5.74) is 1.13. The average molecular weight is 257 g/mol. The highest BCUT2D eigenvalue weighted by atomic mass is 35.5. The number of carbonyl (C=O) groups is 1. The largest absolute Gasteiger partial charge is 0.478 e. The molecule has 1 unspecified atom stereocenters. The van der Waals surface area contributed by atoms with E-state index >= 15 is 0 Å². The Morgan fingerprint density at radius 3 is 2.35 bits per heavy atom. The van der Waals surface area contributed by atoms with E-state index in [0.717, 1.165) is 24.5 Å². The van der Waals surface area contributed by atoms with Gasteiger partial charge in [-0.15, -0.1) is 11.6 Å². The number of hydrogen-bond acceptors (Lipinski definition) is 2. The van der Waals surface area contributed by atoms with Crippen LogP contribution in [-0.4, -0.2) is 22.8 Å². The van der Waals surface area contributed by atoms with Gasteiger partial charge in [-0.2, -0.15) is 0 Å². The quantitative estimate of drug-likeness (QED) is 0.629. The van der Waals surface area contributed by atoms with E-state index in [1.54, 1.807) is 0 Å². The van der Waals surface area contributed by atoms with Crippen molar-refractivity contribution in [3.63, 3.8) is 0 Å². The van der Waals surface area contributed by atoms with Crippen LogP contribution in [0.4, 0.5) is 0 Å². The van der Waals surface area contributed by atoms with Crippen LogP contribution < -0.4 is 0 Å². The Kier molecular flexibility index (Phi) is 9.11. The summed E-state index contributed by atoms with van der Waals surface area (Å²) in [5, 5.41) is 16.2. The van der Waals surface area contributed by atoms with Gasteiger partial charge in [0.2, 0.25) is 0 Å². The number of halogens is 1. The summed E-state index contributed by atoms with van der Waals surface area (Å²) in [5.74, 6) is -0.981. The number of rotatable bonds is 5. The number of aliphatic carboxylic acids is 1. The van der Waals surface area contributed by atoms with Gasteiger partial charge in [-0.25, -0.2) is 4.79 Å². The van der Waals surface area contributed by atoms with Crippen molar-refractivity contribution in [3.8, 4) is 0 Å². The molecule has 0 aliphatic rings. The first kappa shape index (κ1) is 15.7. The van der Waals surface area contributed by atoms with Crippen LogP contribution >= 0.6 is 11.6 Å². The van der Waals surface area contributed by atoms with Crippen LogP contribution in [0.5, 0.6) is 0 Å². The minimum absolute atomic E-state index is 0.0401. The van der Waals surface area contributed by atoms with E-state index in [4.69, 9.17) is 21.8 Å². The fraction of sp³-hybridized carbons (Fsp3) is 0.308. The smallest absolute Gasteiger partial charge is 0.327 e. The number of carboxylic acid groups (broad SMARTS) is 1. The van der Waals surface area contributed by atoms with E-state index < -0.39 is 5.97 Å². The number of aliphatic hydroxyl groups excluding tert-OH is 1. The molecule has 0 bridgehead atoms. The molecule has 0 amide bonds. The molecule has 0 aliphatic carbocycles. The van der Waals surface area contributed by atoms with Gasteiger partial charge in [-0.3, -0.25) is 0 Å². The molecule has 0 saturated heterocycles. The van der Waals surface area contributed by atoms with Gasteiger partial charge in [-0.1, -0.05) is 36.9 Å². The van der Waals surface area contributed by atoms with Crippen molar-refractivity contribution in [1.29, 1.82) is 0 Å². The fourth-order valence-electron chi connectivity index (χ4n) is 1.10. The molecule has 2 N–H and O–H groups in total. The van der Waals surface area contributed by atoms with Gasteiger partial charge in [0, 0.05) is 12.7 Å². The van der Waals surface area contributed by atoms with Crippen LogP contribution in [0.2, 0.25) is 0 Å². The lowest BCUT2D eigenvalue weighted by atomic mass is 10.1.